The molecule has 2 nitrogen and oxygen atoms in total. The number of imidazole rings is 1. The molecule has 0 aliphatic heterocycles. The first-order valence-corrected chi connectivity index (χ1v) is 7.42. The van der Waals surface area contributed by atoms with Crippen LogP contribution in [0.3, 0.4) is 0 Å². The molecule has 0 unspecified atom stereocenters. The zero-order valence-corrected chi connectivity index (χ0v) is 12.1. The predicted octanol–water partition coefficient (Wildman–Crippen LogP) is 4.48. The van der Waals surface area contributed by atoms with Crippen molar-refractivity contribution < 1.29 is 4.39 Å². The van der Waals surface area contributed by atoms with Gasteiger partial charge in [0.05, 0.1) is 21.4 Å². The van der Waals surface area contributed by atoms with Gasteiger partial charge >= 0.3 is 0 Å². The first-order chi connectivity index (χ1) is 8.69. The van der Waals surface area contributed by atoms with E-state index in [-0.39, 0.29) is 5.82 Å². The molecule has 0 N–H and O–H groups in total. The predicted molar refractivity (Wildman–Crippen MR) is 74.3 cm³/mol. The minimum atomic E-state index is -0.281. The van der Waals surface area contributed by atoms with Gasteiger partial charge in [0.1, 0.15) is 11.6 Å². The fourth-order valence-corrected chi connectivity index (χ4v) is 2.94. The Labute approximate surface area is 118 Å². The molecule has 0 bridgehead atoms. The number of nitrogens with zero attached hydrogens (tertiary/aromatic N) is 2. The summed E-state index contributed by atoms with van der Waals surface area (Å²) in [6.45, 7) is 0.941. The molecule has 1 saturated carbocycles. The van der Waals surface area contributed by atoms with Gasteiger partial charge in [0, 0.05) is 12.6 Å². The van der Waals surface area contributed by atoms with Gasteiger partial charge in [-0.2, -0.15) is 0 Å². The summed E-state index contributed by atoms with van der Waals surface area (Å²) in [6, 6.07) is 3.26. The molecule has 1 aliphatic carbocycles. The van der Waals surface area contributed by atoms with Crippen molar-refractivity contribution in [1.82, 2.24) is 9.55 Å². The van der Waals surface area contributed by atoms with Gasteiger partial charge in [-0.05, 0) is 40.8 Å². The van der Waals surface area contributed by atoms with Gasteiger partial charge in [0.2, 0.25) is 0 Å². The molecule has 18 heavy (non-hydrogen) atoms. The van der Waals surface area contributed by atoms with E-state index in [4.69, 9.17) is 11.6 Å². The van der Waals surface area contributed by atoms with Crippen molar-refractivity contribution in [3.05, 3.63) is 28.2 Å². The van der Waals surface area contributed by atoms with Crippen molar-refractivity contribution in [1.29, 1.82) is 0 Å². The molecule has 0 spiro atoms. The molecule has 0 saturated heterocycles. The highest BCUT2D eigenvalue weighted by Crippen LogP contribution is 2.31. The van der Waals surface area contributed by atoms with Gasteiger partial charge in [0.25, 0.3) is 0 Å². The van der Waals surface area contributed by atoms with Crippen LogP contribution in [0.15, 0.2) is 16.6 Å². The maximum Gasteiger partial charge on any atom is 0.139 e. The Hall–Kier alpha value is -0.610. The van der Waals surface area contributed by atoms with E-state index in [0.29, 0.717) is 21.8 Å². The SMILES string of the molecule is Fc1cc2nc(CCl)n(CC3CCC3)c2cc1Br. The molecule has 3 rings (SSSR count). The zero-order valence-electron chi connectivity index (χ0n) is 9.80. The Morgan fingerprint density at radius 2 is 2.22 bits per heavy atom. The lowest BCUT2D eigenvalue weighted by Gasteiger charge is -2.26. The molecule has 1 heterocycles. The van der Waals surface area contributed by atoms with E-state index in [0.717, 1.165) is 17.9 Å². The van der Waals surface area contributed by atoms with E-state index in [2.05, 4.69) is 25.5 Å². The van der Waals surface area contributed by atoms with Gasteiger partial charge in [-0.3, -0.25) is 0 Å². The number of hydrogen-bond acceptors (Lipinski definition) is 1. The number of hydrogen-bond donors (Lipinski definition) is 0. The van der Waals surface area contributed by atoms with Crippen LogP contribution < -0.4 is 0 Å². The van der Waals surface area contributed by atoms with Crippen LogP contribution in [0.4, 0.5) is 4.39 Å². The van der Waals surface area contributed by atoms with E-state index in [1.54, 1.807) is 6.07 Å². The average Bonchev–Trinajstić information content (AvgIpc) is 2.62. The Morgan fingerprint density at radius 1 is 1.44 bits per heavy atom. The average molecular weight is 332 g/mol. The molecule has 1 aliphatic rings. The summed E-state index contributed by atoms with van der Waals surface area (Å²) in [5, 5.41) is 0. The van der Waals surface area contributed by atoms with E-state index in [9.17, 15) is 4.39 Å². The van der Waals surface area contributed by atoms with Crippen LogP contribution in [0.1, 0.15) is 25.1 Å². The molecule has 0 amide bonds. The van der Waals surface area contributed by atoms with Crippen molar-refractivity contribution in [2.75, 3.05) is 0 Å². The van der Waals surface area contributed by atoms with Crippen molar-refractivity contribution >= 4 is 38.6 Å². The molecule has 1 fully saturated rings. The summed E-state index contributed by atoms with van der Waals surface area (Å²) in [6.07, 6.45) is 3.85. The lowest BCUT2D eigenvalue weighted by molar-refractivity contribution is 0.277. The normalized spacial score (nSPS) is 16.2. The first-order valence-electron chi connectivity index (χ1n) is 6.09. The molecule has 5 heteroatoms. The highest BCUT2D eigenvalue weighted by Gasteiger charge is 2.21. The van der Waals surface area contributed by atoms with Crippen LogP contribution in [0, 0.1) is 11.7 Å². The fourth-order valence-electron chi connectivity index (χ4n) is 2.41. The summed E-state index contributed by atoms with van der Waals surface area (Å²) in [4.78, 5) is 4.41. The van der Waals surface area contributed by atoms with Gasteiger partial charge in [-0.15, -0.1) is 11.6 Å². The minimum Gasteiger partial charge on any atom is -0.327 e. The molecular formula is C13H13BrClFN2. The summed E-state index contributed by atoms with van der Waals surface area (Å²) in [5.41, 5.74) is 1.65. The molecule has 2 aromatic rings. The first kappa shape index (κ1) is 12.4. The third-order valence-electron chi connectivity index (χ3n) is 3.65. The minimum absolute atomic E-state index is 0.281. The Kier molecular flexibility index (Phi) is 3.32. The van der Waals surface area contributed by atoms with Crippen LogP contribution in [0.25, 0.3) is 11.0 Å². The van der Waals surface area contributed by atoms with Crippen molar-refractivity contribution in [2.24, 2.45) is 5.92 Å². The van der Waals surface area contributed by atoms with Crippen LogP contribution >= 0.6 is 27.5 Å². The number of alkyl halides is 1. The maximum absolute atomic E-state index is 13.5. The molecule has 1 aromatic heterocycles. The topological polar surface area (TPSA) is 17.8 Å². The Bertz CT molecular complexity index is 592. The standard InChI is InChI=1S/C13H13BrClFN2/c14-9-4-12-11(5-10(9)16)17-13(6-15)18(12)7-8-2-1-3-8/h4-5,8H,1-3,6-7H2. The lowest BCUT2D eigenvalue weighted by atomic mass is 9.85. The summed E-state index contributed by atoms with van der Waals surface area (Å²) < 4.78 is 16.1. The smallest absolute Gasteiger partial charge is 0.139 e. The van der Waals surface area contributed by atoms with E-state index in [1.165, 1.54) is 25.3 Å². The number of benzene rings is 1. The lowest BCUT2D eigenvalue weighted by Crippen LogP contribution is -2.19. The van der Waals surface area contributed by atoms with Crippen LogP contribution in [-0.4, -0.2) is 9.55 Å². The molecule has 96 valence electrons. The number of rotatable bonds is 3. The fraction of sp³-hybridized carbons (Fsp3) is 0.462. The van der Waals surface area contributed by atoms with Gasteiger partial charge in [-0.1, -0.05) is 6.42 Å². The third-order valence-corrected chi connectivity index (χ3v) is 4.50. The monoisotopic (exact) mass is 330 g/mol. The Morgan fingerprint density at radius 3 is 2.83 bits per heavy atom. The van der Waals surface area contributed by atoms with Crippen LogP contribution in [-0.2, 0) is 12.4 Å². The van der Waals surface area contributed by atoms with Gasteiger partial charge in [0.15, 0.2) is 0 Å². The largest absolute Gasteiger partial charge is 0.327 e. The third kappa shape index (κ3) is 2.05. The van der Waals surface area contributed by atoms with E-state index < -0.39 is 0 Å². The second-order valence-corrected chi connectivity index (χ2v) is 5.95. The number of aromatic nitrogens is 2. The van der Waals surface area contributed by atoms with Crippen molar-refractivity contribution in [2.45, 2.75) is 31.7 Å². The molecule has 1 aromatic carbocycles. The number of halogens is 3. The van der Waals surface area contributed by atoms with Crippen LogP contribution in [0.5, 0.6) is 0 Å². The molecule has 0 atom stereocenters. The second-order valence-electron chi connectivity index (χ2n) is 4.82. The zero-order chi connectivity index (χ0) is 12.7. The summed E-state index contributed by atoms with van der Waals surface area (Å²) in [5.74, 6) is 1.63. The second kappa shape index (κ2) is 4.82. The van der Waals surface area contributed by atoms with Gasteiger partial charge < -0.3 is 4.57 Å². The van der Waals surface area contributed by atoms with Crippen molar-refractivity contribution in [3.63, 3.8) is 0 Å². The van der Waals surface area contributed by atoms with Crippen molar-refractivity contribution in [3.8, 4) is 0 Å². The molecule has 0 radical (unpaired) electrons. The Balaban J connectivity index is 2.10. The van der Waals surface area contributed by atoms with Crippen LogP contribution in [0.2, 0.25) is 0 Å². The highest BCUT2D eigenvalue weighted by atomic mass is 79.9. The summed E-state index contributed by atoms with van der Waals surface area (Å²) in [7, 11) is 0. The maximum atomic E-state index is 13.5. The van der Waals surface area contributed by atoms with E-state index in [1.807, 2.05) is 0 Å². The summed E-state index contributed by atoms with van der Waals surface area (Å²) >= 11 is 9.17. The number of fused-ring (bicyclic) bond motifs is 1. The molecular weight excluding hydrogens is 319 g/mol. The van der Waals surface area contributed by atoms with Gasteiger partial charge in [-0.25, -0.2) is 9.37 Å². The van der Waals surface area contributed by atoms with E-state index >= 15 is 0 Å². The highest BCUT2D eigenvalue weighted by molar-refractivity contribution is 9.10. The quantitative estimate of drug-likeness (QED) is 0.758.